The summed E-state index contributed by atoms with van der Waals surface area (Å²) in [4.78, 5) is 23.8. The molecule has 9 heteroatoms. The normalized spacial score (nSPS) is 17.1. The Bertz CT molecular complexity index is 2330. The maximum atomic E-state index is 15.4. The van der Waals surface area contributed by atoms with Crippen molar-refractivity contribution in [1.82, 2.24) is 5.32 Å². The first-order valence-corrected chi connectivity index (χ1v) is 18.0. The first-order chi connectivity index (χ1) is 26.6. The van der Waals surface area contributed by atoms with E-state index >= 15 is 4.79 Å². The minimum Gasteiger partial charge on any atom is -0.494 e. The van der Waals surface area contributed by atoms with Gasteiger partial charge in [-0.2, -0.15) is 0 Å². The van der Waals surface area contributed by atoms with Crippen molar-refractivity contribution < 1.29 is 19.4 Å². The molecule has 0 bridgehead atoms. The number of benzene rings is 6. The van der Waals surface area contributed by atoms with E-state index < -0.39 is 17.7 Å². The monoisotopic (exact) mass is 711 g/mol. The number of ether oxygens (including phenoxy) is 2. The van der Waals surface area contributed by atoms with Crippen LogP contribution < -0.4 is 10.1 Å². The highest BCUT2D eigenvalue weighted by molar-refractivity contribution is 6.01. The Balaban J connectivity index is 1.26. The molecule has 6 aromatic rings. The topological polar surface area (TPSA) is 129 Å². The molecule has 1 amide bonds. The predicted octanol–water partition coefficient (Wildman–Crippen LogP) is 9.44. The van der Waals surface area contributed by atoms with E-state index in [1.165, 1.54) is 0 Å². The van der Waals surface area contributed by atoms with Crippen molar-refractivity contribution in [2.45, 2.75) is 30.5 Å². The number of aliphatic hydroxyl groups excluding tert-OH is 1. The van der Waals surface area contributed by atoms with Gasteiger partial charge in [-0.1, -0.05) is 133 Å². The first kappa shape index (κ1) is 34.4. The Labute approximate surface area is 313 Å². The van der Waals surface area contributed by atoms with Crippen molar-refractivity contribution in [2.24, 2.45) is 10.1 Å². The first-order valence-electron chi connectivity index (χ1n) is 18.0. The molecule has 0 fully saturated rings. The van der Waals surface area contributed by atoms with Gasteiger partial charge < -0.3 is 19.9 Å². The van der Waals surface area contributed by atoms with Gasteiger partial charge in [0.05, 0.1) is 12.6 Å². The average Bonchev–Trinajstić information content (AvgIpc) is 3.76. The SMILES string of the molecule is [N-]=[N+]=Nc1ccccc1C[C@@]1(C(=O)NC2c3ccccc3-c3ccccc32)N=C(c2ccc(OCCCO)cc2)O[C@@H]1c1ccc(-c2ccccc2)cc1. The molecule has 1 aliphatic heterocycles. The molecule has 2 N–H and O–H groups in total. The van der Waals surface area contributed by atoms with Gasteiger partial charge in [-0.25, -0.2) is 4.99 Å². The number of carbonyl (C=O) groups excluding carboxylic acids is 1. The minimum atomic E-state index is -1.53. The van der Waals surface area contributed by atoms with Crippen molar-refractivity contribution in [1.29, 1.82) is 0 Å². The largest absolute Gasteiger partial charge is 0.494 e. The molecule has 266 valence electrons. The van der Waals surface area contributed by atoms with E-state index in [1.54, 1.807) is 12.1 Å². The minimum absolute atomic E-state index is 0.0431. The summed E-state index contributed by atoms with van der Waals surface area (Å²) in [5.41, 5.74) is 16.7. The number of azide groups is 1. The number of carbonyl (C=O) groups is 1. The van der Waals surface area contributed by atoms with Crippen LogP contribution in [0.4, 0.5) is 5.69 Å². The Morgan fingerprint density at radius 1 is 0.778 bits per heavy atom. The predicted molar refractivity (Wildman–Crippen MR) is 209 cm³/mol. The number of rotatable bonds is 12. The number of aliphatic hydroxyl groups is 1. The Morgan fingerprint density at radius 2 is 1.39 bits per heavy atom. The van der Waals surface area contributed by atoms with Gasteiger partial charge in [0, 0.05) is 35.6 Å². The highest BCUT2D eigenvalue weighted by Crippen LogP contribution is 2.47. The zero-order chi connectivity index (χ0) is 36.9. The maximum absolute atomic E-state index is 15.4. The number of nitrogens with zero attached hydrogens (tertiary/aromatic N) is 4. The van der Waals surface area contributed by atoms with Crippen LogP contribution in [0, 0.1) is 0 Å². The third-order valence-corrected chi connectivity index (χ3v) is 10.1. The summed E-state index contributed by atoms with van der Waals surface area (Å²) in [7, 11) is 0. The van der Waals surface area contributed by atoms with Crippen LogP contribution in [-0.2, 0) is 16.0 Å². The number of hydrogen-bond acceptors (Lipinski definition) is 6. The van der Waals surface area contributed by atoms with Crippen LogP contribution in [0.3, 0.4) is 0 Å². The second-order valence-corrected chi connectivity index (χ2v) is 13.4. The van der Waals surface area contributed by atoms with Gasteiger partial charge in [0.1, 0.15) is 5.75 Å². The van der Waals surface area contributed by atoms with Gasteiger partial charge in [0.25, 0.3) is 5.91 Å². The Hall–Kier alpha value is -6.67. The quantitative estimate of drug-likeness (QED) is 0.0567. The maximum Gasteiger partial charge on any atom is 0.253 e. The number of hydrogen-bond donors (Lipinski definition) is 2. The van der Waals surface area contributed by atoms with Crippen molar-refractivity contribution >= 4 is 17.5 Å². The van der Waals surface area contributed by atoms with Crippen LogP contribution in [0.5, 0.6) is 5.75 Å². The standard InChI is InChI=1S/C45H37N5O4/c46-50-49-40-18-9-4-13-34(40)29-45(44(52)47-41-38-16-7-5-14-36(38)37-15-6-8-17-39(37)41)42(32-21-19-31(20-22-32)30-11-2-1-3-12-30)54-43(48-45)33-23-25-35(26-24-33)53-28-10-27-51/h1-9,11-26,41-42,51H,10,27-29H2,(H,47,52)/t42-,45-/m1/s1. The lowest BCUT2D eigenvalue weighted by molar-refractivity contribution is -0.129. The highest BCUT2D eigenvalue weighted by Gasteiger charge is 2.54. The second kappa shape index (κ2) is 15.1. The molecule has 0 radical (unpaired) electrons. The van der Waals surface area contributed by atoms with Gasteiger partial charge in [-0.3, -0.25) is 4.79 Å². The molecule has 8 rings (SSSR count). The molecule has 2 atom stereocenters. The zero-order valence-electron chi connectivity index (χ0n) is 29.4. The van der Waals surface area contributed by atoms with Gasteiger partial charge in [-0.15, -0.1) is 0 Å². The summed E-state index contributed by atoms with van der Waals surface area (Å²) in [5.74, 6) is 0.619. The molecular weight excluding hydrogens is 675 g/mol. The van der Waals surface area contributed by atoms with Crippen molar-refractivity contribution in [3.8, 4) is 28.0 Å². The lowest BCUT2D eigenvalue weighted by Crippen LogP contribution is -2.50. The average molecular weight is 712 g/mol. The molecule has 0 saturated heterocycles. The van der Waals surface area contributed by atoms with Crippen molar-refractivity contribution in [2.75, 3.05) is 13.2 Å². The van der Waals surface area contributed by atoms with E-state index in [0.29, 0.717) is 41.5 Å². The highest BCUT2D eigenvalue weighted by atomic mass is 16.5. The number of nitrogens with one attached hydrogen (secondary N) is 1. The molecule has 0 unspecified atom stereocenters. The molecule has 0 saturated carbocycles. The summed E-state index contributed by atoms with van der Waals surface area (Å²) in [6.07, 6.45) is -0.252. The third kappa shape index (κ3) is 6.58. The van der Waals surface area contributed by atoms with Gasteiger partial charge in [-0.05, 0) is 74.3 Å². The van der Waals surface area contributed by atoms with Crippen LogP contribution >= 0.6 is 0 Å². The van der Waals surface area contributed by atoms with Crippen molar-refractivity contribution in [3.05, 3.63) is 190 Å². The molecule has 6 aromatic carbocycles. The van der Waals surface area contributed by atoms with E-state index in [1.807, 2.05) is 115 Å². The van der Waals surface area contributed by atoms with E-state index in [2.05, 4.69) is 39.6 Å². The molecule has 0 spiro atoms. The van der Waals surface area contributed by atoms with Gasteiger partial charge in [0.15, 0.2) is 11.6 Å². The number of aliphatic imine (C=N–C) groups is 1. The van der Waals surface area contributed by atoms with Gasteiger partial charge >= 0.3 is 0 Å². The van der Waals surface area contributed by atoms with Crippen LogP contribution in [-0.4, -0.2) is 35.7 Å². The van der Waals surface area contributed by atoms with Gasteiger partial charge in [0.2, 0.25) is 5.90 Å². The summed E-state index contributed by atoms with van der Waals surface area (Å²) >= 11 is 0. The van der Waals surface area contributed by atoms with Crippen molar-refractivity contribution in [3.63, 3.8) is 0 Å². The molecule has 0 aromatic heterocycles. The van der Waals surface area contributed by atoms with E-state index in [0.717, 1.165) is 38.9 Å². The fourth-order valence-corrected chi connectivity index (χ4v) is 7.43. The smallest absolute Gasteiger partial charge is 0.253 e. The van der Waals surface area contributed by atoms with E-state index in [-0.39, 0.29) is 18.9 Å². The van der Waals surface area contributed by atoms with E-state index in [9.17, 15) is 10.6 Å². The second-order valence-electron chi connectivity index (χ2n) is 13.4. The Morgan fingerprint density at radius 3 is 2.07 bits per heavy atom. The summed E-state index contributed by atoms with van der Waals surface area (Å²) < 4.78 is 12.6. The fraction of sp³-hybridized carbons (Fsp3) is 0.156. The molecule has 9 nitrogen and oxygen atoms in total. The molecular formula is C45H37N5O4. The van der Waals surface area contributed by atoms with E-state index in [4.69, 9.17) is 14.5 Å². The zero-order valence-corrected chi connectivity index (χ0v) is 29.4. The number of fused-ring (bicyclic) bond motifs is 3. The van der Waals surface area contributed by atoms with Crippen LogP contribution in [0.2, 0.25) is 0 Å². The summed E-state index contributed by atoms with van der Waals surface area (Å²) in [6, 6.07) is 48.6. The molecule has 1 aliphatic carbocycles. The lowest BCUT2D eigenvalue weighted by Gasteiger charge is -2.32. The van der Waals surface area contributed by atoms with Crippen LogP contribution in [0.15, 0.2) is 162 Å². The fourth-order valence-electron chi connectivity index (χ4n) is 7.43. The molecule has 2 aliphatic rings. The number of amides is 1. The summed E-state index contributed by atoms with van der Waals surface area (Å²) in [5, 5.41) is 16.6. The van der Waals surface area contributed by atoms with Crippen LogP contribution in [0.1, 0.15) is 46.4 Å². The third-order valence-electron chi connectivity index (χ3n) is 10.1. The van der Waals surface area contributed by atoms with Crippen LogP contribution in [0.25, 0.3) is 32.7 Å². The summed E-state index contributed by atoms with van der Waals surface area (Å²) in [6.45, 7) is 0.428. The molecule has 1 heterocycles. The lowest BCUT2D eigenvalue weighted by atomic mass is 9.81. The molecule has 54 heavy (non-hydrogen) atoms. The Kier molecular flexibility index (Phi) is 9.64.